The molecule has 0 aliphatic heterocycles. The highest BCUT2D eigenvalue weighted by Gasteiger charge is 2.17. The molecule has 7 heteroatoms. The molecule has 0 unspecified atom stereocenters. The van der Waals surface area contributed by atoms with E-state index in [4.69, 9.17) is 0 Å². The van der Waals surface area contributed by atoms with Gasteiger partial charge in [0.25, 0.3) is 0 Å². The fraction of sp³-hybridized carbons (Fsp3) is 0.176. The largest absolute Gasteiger partial charge is 0.325 e. The third-order valence-electron chi connectivity index (χ3n) is 3.44. The molecule has 0 fully saturated rings. The second kappa shape index (κ2) is 7.11. The van der Waals surface area contributed by atoms with Crippen LogP contribution in [0.4, 0.5) is 5.69 Å². The minimum atomic E-state index is -0.310. The molecule has 1 aromatic carbocycles. The topological polar surface area (TPSA) is 72.0 Å². The van der Waals surface area contributed by atoms with Crippen LogP contribution in [0.5, 0.6) is 0 Å². The second-order valence-electron chi connectivity index (χ2n) is 5.20. The van der Waals surface area contributed by atoms with Crippen molar-refractivity contribution in [1.29, 1.82) is 0 Å². The lowest BCUT2D eigenvalue weighted by atomic mass is 10.1. The number of benzene rings is 1. The molecule has 0 saturated heterocycles. The van der Waals surface area contributed by atoms with Crippen LogP contribution in [0.25, 0.3) is 10.2 Å². The molecule has 3 rings (SSSR count). The van der Waals surface area contributed by atoms with Gasteiger partial charge < -0.3 is 5.32 Å². The van der Waals surface area contributed by atoms with Gasteiger partial charge in [0.15, 0.2) is 5.78 Å². The quantitative estimate of drug-likeness (QED) is 0.424. The highest BCUT2D eigenvalue weighted by atomic mass is 32.2. The number of Topliss-reactive ketones (excluding diaryl/α,β-unsaturated/α-hetero) is 1. The summed E-state index contributed by atoms with van der Waals surface area (Å²) in [6.07, 6.45) is 1.52. The Kier molecular flexibility index (Phi) is 4.92. The van der Waals surface area contributed by atoms with Crippen LogP contribution in [0, 0.1) is 0 Å². The molecule has 0 aliphatic carbocycles. The Balaban J connectivity index is 1.68. The van der Waals surface area contributed by atoms with Crippen LogP contribution in [0.1, 0.15) is 24.2 Å². The van der Waals surface area contributed by atoms with E-state index in [0.29, 0.717) is 11.3 Å². The van der Waals surface area contributed by atoms with Crippen LogP contribution in [-0.2, 0) is 4.79 Å². The van der Waals surface area contributed by atoms with Gasteiger partial charge in [-0.05, 0) is 49.6 Å². The Morgan fingerprint density at radius 2 is 1.92 bits per heavy atom. The number of hydrogen-bond donors (Lipinski definition) is 1. The van der Waals surface area contributed by atoms with E-state index in [1.54, 1.807) is 35.6 Å². The second-order valence-corrected chi connectivity index (χ2v) is 7.43. The Labute approximate surface area is 147 Å². The molecule has 24 heavy (non-hydrogen) atoms. The summed E-state index contributed by atoms with van der Waals surface area (Å²) in [6, 6.07) is 8.83. The predicted molar refractivity (Wildman–Crippen MR) is 97.8 cm³/mol. The maximum Gasteiger partial charge on any atom is 0.237 e. The zero-order valence-corrected chi connectivity index (χ0v) is 14.8. The highest BCUT2D eigenvalue weighted by Crippen LogP contribution is 2.30. The van der Waals surface area contributed by atoms with E-state index in [0.717, 1.165) is 15.2 Å². The standard InChI is InChI=1S/C17H15N3O2S2/c1-10(21)12-3-5-13(6-4-12)20-15(22)11(2)24-17-14-7-8-23-16(14)18-9-19-17/h3-9,11H,1-2H3,(H,20,22)/t11-/m0/s1. The summed E-state index contributed by atoms with van der Waals surface area (Å²) in [5, 5.41) is 6.28. The number of nitrogens with zero attached hydrogens (tertiary/aromatic N) is 2. The highest BCUT2D eigenvalue weighted by molar-refractivity contribution is 8.00. The van der Waals surface area contributed by atoms with Crippen LogP contribution in [0.3, 0.4) is 0 Å². The van der Waals surface area contributed by atoms with Crippen molar-refractivity contribution >= 4 is 50.7 Å². The number of carbonyl (C=O) groups excluding carboxylic acids is 2. The molecule has 122 valence electrons. The van der Waals surface area contributed by atoms with Gasteiger partial charge >= 0.3 is 0 Å². The van der Waals surface area contributed by atoms with E-state index in [2.05, 4.69) is 15.3 Å². The number of amides is 1. The lowest BCUT2D eigenvalue weighted by Gasteiger charge is -2.12. The summed E-state index contributed by atoms with van der Waals surface area (Å²) in [5.41, 5.74) is 1.29. The van der Waals surface area contributed by atoms with E-state index in [1.807, 2.05) is 18.4 Å². The third-order valence-corrected chi connectivity index (χ3v) is 5.38. The van der Waals surface area contributed by atoms with Gasteiger partial charge in [-0.25, -0.2) is 9.97 Å². The zero-order valence-electron chi connectivity index (χ0n) is 13.1. The third kappa shape index (κ3) is 3.63. The molecule has 1 N–H and O–H groups in total. The zero-order chi connectivity index (χ0) is 17.1. The first-order valence-electron chi connectivity index (χ1n) is 7.31. The monoisotopic (exact) mass is 357 g/mol. The molecular weight excluding hydrogens is 342 g/mol. The predicted octanol–water partition coefficient (Wildman–Crippen LogP) is 4.01. The number of carbonyl (C=O) groups is 2. The van der Waals surface area contributed by atoms with Crippen LogP contribution in [0.15, 0.2) is 47.1 Å². The van der Waals surface area contributed by atoms with E-state index in [9.17, 15) is 9.59 Å². The molecule has 3 aromatic rings. The van der Waals surface area contributed by atoms with Gasteiger partial charge in [-0.2, -0.15) is 0 Å². The van der Waals surface area contributed by atoms with Gasteiger partial charge in [-0.1, -0.05) is 11.8 Å². The smallest absolute Gasteiger partial charge is 0.237 e. The summed E-state index contributed by atoms with van der Waals surface area (Å²) in [7, 11) is 0. The van der Waals surface area contributed by atoms with Gasteiger partial charge in [0.05, 0.1) is 5.25 Å². The van der Waals surface area contributed by atoms with Crippen molar-refractivity contribution in [3.63, 3.8) is 0 Å². The first-order chi connectivity index (χ1) is 11.5. The van der Waals surface area contributed by atoms with Crippen LogP contribution in [-0.4, -0.2) is 26.9 Å². The van der Waals surface area contributed by atoms with Crippen molar-refractivity contribution < 1.29 is 9.59 Å². The van der Waals surface area contributed by atoms with Gasteiger partial charge in [0.2, 0.25) is 5.91 Å². The fourth-order valence-corrected chi connectivity index (χ4v) is 3.81. The minimum absolute atomic E-state index is 0.000316. The minimum Gasteiger partial charge on any atom is -0.325 e. The SMILES string of the molecule is CC(=O)c1ccc(NC(=O)[C@H](C)Sc2ncnc3sccc23)cc1. The summed E-state index contributed by atoms with van der Waals surface area (Å²) in [6.45, 7) is 3.35. The average Bonchev–Trinajstić information content (AvgIpc) is 3.05. The number of thioether (sulfide) groups is 1. The lowest BCUT2D eigenvalue weighted by molar-refractivity contribution is -0.115. The van der Waals surface area contributed by atoms with Crippen LogP contribution in [0.2, 0.25) is 0 Å². The Morgan fingerprint density at radius 1 is 1.17 bits per heavy atom. The summed E-state index contributed by atoms with van der Waals surface area (Å²) in [4.78, 5) is 33.1. The number of thiophene rings is 1. The van der Waals surface area contributed by atoms with Gasteiger partial charge in [0, 0.05) is 16.6 Å². The van der Waals surface area contributed by atoms with Gasteiger partial charge in [0.1, 0.15) is 16.2 Å². The van der Waals surface area contributed by atoms with Crippen molar-refractivity contribution in [3.8, 4) is 0 Å². The molecule has 1 amide bonds. The maximum atomic E-state index is 12.4. The molecule has 0 aliphatic rings. The van der Waals surface area contributed by atoms with Crippen molar-refractivity contribution in [1.82, 2.24) is 9.97 Å². The normalized spacial score (nSPS) is 12.1. The van der Waals surface area contributed by atoms with Crippen molar-refractivity contribution in [2.45, 2.75) is 24.1 Å². The van der Waals surface area contributed by atoms with E-state index < -0.39 is 0 Å². The molecule has 2 aromatic heterocycles. The van der Waals surface area contributed by atoms with Gasteiger partial charge in [-0.3, -0.25) is 9.59 Å². The van der Waals surface area contributed by atoms with Crippen molar-refractivity contribution in [3.05, 3.63) is 47.6 Å². The maximum absolute atomic E-state index is 12.4. The van der Waals surface area contributed by atoms with Gasteiger partial charge in [-0.15, -0.1) is 11.3 Å². The summed E-state index contributed by atoms with van der Waals surface area (Å²) >= 11 is 2.95. The molecule has 0 bridgehead atoms. The molecule has 2 heterocycles. The number of ketones is 1. The number of rotatable bonds is 5. The molecule has 5 nitrogen and oxygen atoms in total. The van der Waals surface area contributed by atoms with E-state index in [-0.39, 0.29) is 16.9 Å². The van der Waals surface area contributed by atoms with Crippen molar-refractivity contribution in [2.24, 2.45) is 0 Å². The Bertz CT molecular complexity index is 890. The van der Waals surface area contributed by atoms with Crippen LogP contribution < -0.4 is 5.32 Å². The summed E-state index contributed by atoms with van der Waals surface area (Å²) in [5.74, 6) is -0.113. The molecule has 0 spiro atoms. The average molecular weight is 357 g/mol. The number of nitrogens with one attached hydrogen (secondary N) is 1. The van der Waals surface area contributed by atoms with E-state index in [1.165, 1.54) is 25.0 Å². The first-order valence-corrected chi connectivity index (χ1v) is 9.07. The Hall–Kier alpha value is -2.25. The molecule has 1 atom stereocenters. The molecular formula is C17H15N3O2S2. The van der Waals surface area contributed by atoms with Crippen molar-refractivity contribution in [2.75, 3.05) is 5.32 Å². The molecule has 0 radical (unpaired) electrons. The number of aromatic nitrogens is 2. The fourth-order valence-electron chi connectivity index (χ4n) is 2.11. The summed E-state index contributed by atoms with van der Waals surface area (Å²) < 4.78 is 0. The lowest BCUT2D eigenvalue weighted by Crippen LogP contribution is -2.22. The van der Waals surface area contributed by atoms with Crippen LogP contribution >= 0.6 is 23.1 Å². The first kappa shape index (κ1) is 16.6. The Morgan fingerprint density at radius 3 is 2.62 bits per heavy atom. The molecule has 0 saturated carbocycles. The van der Waals surface area contributed by atoms with E-state index >= 15 is 0 Å². The number of anilines is 1. The number of fused-ring (bicyclic) bond motifs is 1. The number of hydrogen-bond acceptors (Lipinski definition) is 6.